The average molecular weight is 408 g/mol. The molecule has 1 aliphatic heterocycles. The maximum Gasteiger partial charge on any atom is 0.234 e. The molecular weight excluding hydrogens is 374 g/mol. The van der Waals surface area contributed by atoms with E-state index in [4.69, 9.17) is 11.5 Å². The predicted molar refractivity (Wildman–Crippen MR) is 128 cm³/mol. The van der Waals surface area contributed by atoms with Gasteiger partial charge < -0.3 is 21.7 Å². The number of aliphatic imine (C=N–C) groups is 1. The first-order valence-corrected chi connectivity index (χ1v) is 10.3. The van der Waals surface area contributed by atoms with E-state index in [1.54, 1.807) is 6.20 Å². The molecule has 6 heteroatoms. The highest BCUT2D eigenvalue weighted by Gasteiger charge is 2.10. The Morgan fingerprint density at radius 1 is 1.00 bits per heavy atom. The first kappa shape index (κ1) is 23.0. The van der Waals surface area contributed by atoms with Crippen molar-refractivity contribution in [3.63, 3.8) is 0 Å². The molecule has 3 rings (SSSR count). The number of amidine groups is 1. The zero-order valence-corrected chi connectivity index (χ0v) is 18.2. The number of amides is 1. The summed E-state index contributed by atoms with van der Waals surface area (Å²) in [5, 5.41) is 3.04. The van der Waals surface area contributed by atoms with Gasteiger partial charge in [0.25, 0.3) is 0 Å². The normalized spacial score (nSPS) is 14.2. The van der Waals surface area contributed by atoms with Crippen LogP contribution < -0.4 is 21.7 Å². The van der Waals surface area contributed by atoms with Crippen molar-refractivity contribution < 1.29 is 4.79 Å². The summed E-state index contributed by atoms with van der Waals surface area (Å²) in [6.45, 7) is 8.58. The average Bonchev–Trinajstić information content (AvgIpc) is 2.74. The SMILES string of the molecule is Cc1cc(N2CCCCC2)ccc1N.Cc1ccc(N/C=C\C(N)=NC=O)cc1C. The van der Waals surface area contributed by atoms with Crippen LogP contribution in [0.5, 0.6) is 0 Å². The van der Waals surface area contributed by atoms with Gasteiger partial charge in [0, 0.05) is 36.4 Å². The molecule has 1 aliphatic rings. The molecule has 0 saturated carbocycles. The van der Waals surface area contributed by atoms with Crippen molar-refractivity contribution in [1.29, 1.82) is 0 Å². The lowest BCUT2D eigenvalue weighted by atomic mass is 10.1. The Morgan fingerprint density at radius 2 is 1.73 bits per heavy atom. The number of anilines is 3. The summed E-state index contributed by atoms with van der Waals surface area (Å²) in [5.41, 5.74) is 18.0. The number of hydrogen-bond donors (Lipinski definition) is 3. The van der Waals surface area contributed by atoms with Gasteiger partial charge in [0.1, 0.15) is 5.84 Å². The maximum atomic E-state index is 10.0. The third-order valence-electron chi connectivity index (χ3n) is 5.19. The van der Waals surface area contributed by atoms with Gasteiger partial charge >= 0.3 is 0 Å². The molecule has 2 aromatic carbocycles. The van der Waals surface area contributed by atoms with E-state index in [2.05, 4.69) is 41.2 Å². The molecule has 0 atom stereocenters. The molecular formula is C24H33N5O. The van der Waals surface area contributed by atoms with Crippen molar-refractivity contribution in [3.8, 4) is 0 Å². The smallest absolute Gasteiger partial charge is 0.234 e. The van der Waals surface area contributed by atoms with Gasteiger partial charge in [-0.25, -0.2) is 0 Å². The molecule has 1 heterocycles. The van der Waals surface area contributed by atoms with Crippen LogP contribution in [0.2, 0.25) is 0 Å². The van der Waals surface area contributed by atoms with Crippen LogP contribution in [0.4, 0.5) is 17.1 Å². The van der Waals surface area contributed by atoms with Crippen LogP contribution in [0.3, 0.4) is 0 Å². The van der Waals surface area contributed by atoms with Crippen LogP contribution in [-0.2, 0) is 4.79 Å². The van der Waals surface area contributed by atoms with E-state index >= 15 is 0 Å². The van der Waals surface area contributed by atoms with E-state index in [0.29, 0.717) is 6.41 Å². The van der Waals surface area contributed by atoms with Crippen molar-refractivity contribution in [2.24, 2.45) is 10.7 Å². The number of benzene rings is 2. The lowest BCUT2D eigenvalue weighted by Gasteiger charge is -2.29. The molecule has 0 radical (unpaired) electrons. The van der Waals surface area contributed by atoms with Crippen molar-refractivity contribution in [2.45, 2.75) is 40.0 Å². The van der Waals surface area contributed by atoms with Gasteiger partial charge in [0.05, 0.1) is 0 Å². The number of rotatable bonds is 5. The molecule has 0 aromatic heterocycles. The number of aryl methyl sites for hydroxylation is 3. The Bertz CT molecular complexity index is 898. The highest BCUT2D eigenvalue weighted by Crippen LogP contribution is 2.23. The number of carbonyl (C=O) groups is 1. The van der Waals surface area contributed by atoms with E-state index in [1.165, 1.54) is 60.8 Å². The van der Waals surface area contributed by atoms with Crippen LogP contribution in [0.1, 0.15) is 36.0 Å². The van der Waals surface area contributed by atoms with Gasteiger partial charge in [-0.15, -0.1) is 0 Å². The lowest BCUT2D eigenvalue weighted by molar-refractivity contribution is -0.106. The van der Waals surface area contributed by atoms with E-state index < -0.39 is 0 Å². The second kappa shape index (κ2) is 11.7. The Hall–Kier alpha value is -3.28. The minimum Gasteiger partial charge on any atom is -0.399 e. The molecule has 0 spiro atoms. The maximum absolute atomic E-state index is 10.0. The van der Waals surface area contributed by atoms with E-state index in [-0.39, 0.29) is 5.84 Å². The number of nitrogens with two attached hydrogens (primary N) is 2. The number of carbonyl (C=O) groups excluding carboxylic acids is 1. The monoisotopic (exact) mass is 407 g/mol. The number of nitrogens with one attached hydrogen (secondary N) is 1. The van der Waals surface area contributed by atoms with Crippen molar-refractivity contribution in [1.82, 2.24) is 0 Å². The van der Waals surface area contributed by atoms with Crippen molar-refractivity contribution >= 4 is 29.3 Å². The van der Waals surface area contributed by atoms with Crippen LogP contribution in [0.25, 0.3) is 0 Å². The zero-order valence-electron chi connectivity index (χ0n) is 18.2. The topological polar surface area (TPSA) is 96.7 Å². The van der Waals surface area contributed by atoms with Gasteiger partial charge in [-0.2, -0.15) is 4.99 Å². The summed E-state index contributed by atoms with van der Waals surface area (Å²) in [7, 11) is 0. The Labute approximate surface area is 179 Å². The molecule has 0 bridgehead atoms. The summed E-state index contributed by atoms with van der Waals surface area (Å²) < 4.78 is 0. The Balaban J connectivity index is 0.000000215. The van der Waals surface area contributed by atoms with Crippen molar-refractivity contribution in [3.05, 3.63) is 65.4 Å². The fourth-order valence-electron chi connectivity index (χ4n) is 3.17. The highest BCUT2D eigenvalue weighted by molar-refractivity contribution is 5.95. The minimum atomic E-state index is 0.173. The molecule has 0 aliphatic carbocycles. The summed E-state index contributed by atoms with van der Waals surface area (Å²) in [4.78, 5) is 15.8. The minimum absolute atomic E-state index is 0.173. The number of nitrogens with zero attached hydrogens (tertiary/aromatic N) is 2. The molecule has 0 unspecified atom stereocenters. The van der Waals surface area contributed by atoms with Crippen LogP contribution in [0.15, 0.2) is 53.7 Å². The van der Waals surface area contributed by atoms with Crippen LogP contribution >= 0.6 is 0 Å². The molecule has 6 nitrogen and oxygen atoms in total. The third-order valence-corrected chi connectivity index (χ3v) is 5.19. The molecule has 5 N–H and O–H groups in total. The van der Waals surface area contributed by atoms with Gasteiger partial charge in [-0.1, -0.05) is 6.07 Å². The molecule has 1 fully saturated rings. The van der Waals surface area contributed by atoms with Gasteiger partial charge in [-0.05, 0) is 93.1 Å². The predicted octanol–water partition coefficient (Wildman–Crippen LogP) is 4.31. The van der Waals surface area contributed by atoms with E-state index in [0.717, 1.165) is 11.4 Å². The zero-order chi connectivity index (χ0) is 21.9. The van der Waals surface area contributed by atoms with Gasteiger partial charge in [0.15, 0.2) is 0 Å². The number of hydrogen-bond acceptors (Lipinski definition) is 4. The van der Waals surface area contributed by atoms with Gasteiger partial charge in [0.2, 0.25) is 6.41 Å². The largest absolute Gasteiger partial charge is 0.399 e. The summed E-state index contributed by atoms with van der Waals surface area (Å²) in [6.07, 6.45) is 7.61. The fraction of sp³-hybridized carbons (Fsp3) is 0.333. The molecule has 1 amide bonds. The van der Waals surface area contributed by atoms with E-state index in [9.17, 15) is 4.79 Å². The first-order valence-electron chi connectivity index (χ1n) is 10.3. The molecule has 160 valence electrons. The van der Waals surface area contributed by atoms with Crippen LogP contribution in [-0.4, -0.2) is 25.3 Å². The fourth-order valence-corrected chi connectivity index (χ4v) is 3.17. The summed E-state index contributed by atoms with van der Waals surface area (Å²) in [6, 6.07) is 12.4. The Morgan fingerprint density at radius 3 is 2.37 bits per heavy atom. The third kappa shape index (κ3) is 7.28. The molecule has 2 aromatic rings. The lowest BCUT2D eigenvalue weighted by Crippen LogP contribution is -2.29. The second-order valence-corrected chi connectivity index (χ2v) is 7.52. The van der Waals surface area contributed by atoms with Gasteiger partial charge in [-0.3, -0.25) is 4.79 Å². The quantitative estimate of drug-likeness (QED) is 0.297. The summed E-state index contributed by atoms with van der Waals surface area (Å²) in [5.74, 6) is 0.173. The first-order chi connectivity index (χ1) is 14.4. The van der Waals surface area contributed by atoms with Crippen LogP contribution in [0, 0.1) is 20.8 Å². The Kier molecular flexibility index (Phi) is 8.94. The molecule has 1 saturated heterocycles. The number of nitrogen functional groups attached to an aromatic ring is 1. The molecule has 30 heavy (non-hydrogen) atoms. The van der Waals surface area contributed by atoms with E-state index in [1.807, 2.05) is 31.2 Å². The highest BCUT2D eigenvalue weighted by atomic mass is 16.1. The number of piperidine rings is 1. The summed E-state index contributed by atoms with van der Waals surface area (Å²) >= 11 is 0. The van der Waals surface area contributed by atoms with Crippen molar-refractivity contribution in [2.75, 3.05) is 29.0 Å². The second-order valence-electron chi connectivity index (χ2n) is 7.52. The standard InChI is InChI=1S/C12H15N3O.C12H18N2/c1-9-3-4-11(7-10(9)2)14-6-5-12(13)15-8-16;1-10-9-11(5-6-12(10)13)14-7-3-2-4-8-14/h3-8,14H,1-2H3,(H2,13,15,16);5-6,9H,2-4,7-8,13H2,1H3/b6-5-;.